The molecule has 1 atom stereocenters. The summed E-state index contributed by atoms with van der Waals surface area (Å²) >= 11 is 6.07. The van der Waals surface area contributed by atoms with Gasteiger partial charge in [0, 0.05) is 17.6 Å². The highest BCUT2D eigenvalue weighted by Gasteiger charge is 2.39. The van der Waals surface area contributed by atoms with Crippen molar-refractivity contribution < 1.29 is 4.79 Å². The van der Waals surface area contributed by atoms with Crippen molar-refractivity contribution in [2.75, 3.05) is 11.4 Å². The maximum atomic E-state index is 12.3. The molecule has 1 aliphatic heterocycles. The Bertz CT molecular complexity index is 560. The molecule has 1 amide bonds. The van der Waals surface area contributed by atoms with Crippen molar-refractivity contribution in [2.24, 2.45) is 0 Å². The van der Waals surface area contributed by atoms with Crippen molar-refractivity contribution in [2.45, 2.75) is 38.0 Å². The third-order valence-electron chi connectivity index (χ3n) is 3.59. The third-order valence-corrected chi connectivity index (χ3v) is 4.09. The minimum Gasteiger partial charge on any atom is -0.310 e. The monoisotopic (exact) mass is 276 g/mol. The van der Waals surface area contributed by atoms with E-state index >= 15 is 0 Å². The number of nitrogens with zero attached hydrogens (tertiary/aromatic N) is 2. The molecule has 0 saturated carbocycles. The molecule has 1 aliphatic rings. The molecule has 0 bridgehead atoms. The number of nitriles is 1. The largest absolute Gasteiger partial charge is 0.310 e. The van der Waals surface area contributed by atoms with Gasteiger partial charge >= 0.3 is 0 Å². The van der Waals surface area contributed by atoms with Crippen molar-refractivity contribution in [1.82, 2.24) is 0 Å². The number of alkyl halides is 1. The molecule has 0 N–H and O–H groups in total. The minimum absolute atomic E-state index is 0.0777. The third kappa shape index (κ3) is 2.33. The first-order valence-electron chi connectivity index (χ1n) is 6.41. The number of halogens is 1. The van der Waals surface area contributed by atoms with Crippen LogP contribution in [-0.4, -0.2) is 17.8 Å². The van der Waals surface area contributed by atoms with Gasteiger partial charge in [0.2, 0.25) is 5.91 Å². The fourth-order valence-corrected chi connectivity index (χ4v) is 2.62. The van der Waals surface area contributed by atoms with Crippen LogP contribution in [0.1, 0.15) is 38.3 Å². The second kappa shape index (κ2) is 4.86. The van der Waals surface area contributed by atoms with Crippen LogP contribution >= 0.6 is 11.6 Å². The Morgan fingerprint density at radius 2 is 2.26 bits per heavy atom. The van der Waals surface area contributed by atoms with Gasteiger partial charge in [-0.3, -0.25) is 4.79 Å². The quantitative estimate of drug-likeness (QED) is 0.779. The first-order chi connectivity index (χ1) is 8.90. The average Bonchev–Trinajstić information content (AvgIpc) is 2.68. The molecule has 1 aromatic rings. The van der Waals surface area contributed by atoms with Crippen LogP contribution in [0, 0.1) is 11.3 Å². The summed E-state index contributed by atoms with van der Waals surface area (Å²) in [5, 5.41) is 8.49. The smallest absolute Gasteiger partial charge is 0.245 e. The van der Waals surface area contributed by atoms with Gasteiger partial charge in [-0.1, -0.05) is 26.8 Å². The highest BCUT2D eigenvalue weighted by atomic mass is 35.5. The van der Waals surface area contributed by atoms with Crippen LogP contribution in [0.2, 0.25) is 0 Å². The van der Waals surface area contributed by atoms with Crippen molar-refractivity contribution in [3.63, 3.8) is 0 Å². The first kappa shape index (κ1) is 13.9. The van der Waals surface area contributed by atoms with Crippen LogP contribution in [0.25, 0.3) is 0 Å². The predicted octanol–water partition coefficient (Wildman–Crippen LogP) is 3.20. The Balaban J connectivity index is 2.48. The summed E-state index contributed by atoms with van der Waals surface area (Å²) in [7, 11) is 0. The summed E-state index contributed by atoms with van der Waals surface area (Å²) < 4.78 is 0. The SMILES string of the molecule is CCC(Cl)C(=O)N1CC(C)(C)c2ccc(C#N)cc21. The van der Waals surface area contributed by atoms with E-state index < -0.39 is 5.38 Å². The number of rotatable bonds is 2. The van der Waals surface area contributed by atoms with E-state index in [0.717, 1.165) is 11.3 Å². The second-order valence-corrected chi connectivity index (χ2v) is 6.05. The van der Waals surface area contributed by atoms with E-state index in [1.807, 2.05) is 13.0 Å². The molecule has 1 aromatic carbocycles. The van der Waals surface area contributed by atoms with Gasteiger partial charge in [-0.25, -0.2) is 0 Å². The summed E-state index contributed by atoms with van der Waals surface area (Å²) in [5.41, 5.74) is 2.38. The number of amides is 1. The minimum atomic E-state index is -0.507. The molecule has 0 radical (unpaired) electrons. The van der Waals surface area contributed by atoms with Crippen LogP contribution in [0.3, 0.4) is 0 Å². The topological polar surface area (TPSA) is 44.1 Å². The number of fused-ring (bicyclic) bond motifs is 1. The zero-order valence-electron chi connectivity index (χ0n) is 11.4. The summed E-state index contributed by atoms with van der Waals surface area (Å²) in [6.45, 7) is 6.70. The molecule has 1 heterocycles. The number of benzene rings is 1. The van der Waals surface area contributed by atoms with Crippen molar-refractivity contribution in [3.05, 3.63) is 29.3 Å². The molecular weight excluding hydrogens is 260 g/mol. The van der Waals surface area contributed by atoms with Gasteiger partial charge in [0.15, 0.2) is 0 Å². The Hall–Kier alpha value is -1.53. The zero-order chi connectivity index (χ0) is 14.2. The Morgan fingerprint density at radius 3 is 2.84 bits per heavy atom. The summed E-state index contributed by atoms with van der Waals surface area (Å²) in [4.78, 5) is 14.1. The fourth-order valence-electron chi connectivity index (χ4n) is 2.50. The predicted molar refractivity (Wildman–Crippen MR) is 76.5 cm³/mol. The zero-order valence-corrected chi connectivity index (χ0v) is 12.2. The maximum absolute atomic E-state index is 12.3. The Morgan fingerprint density at radius 1 is 1.58 bits per heavy atom. The van der Waals surface area contributed by atoms with Gasteiger partial charge < -0.3 is 4.90 Å². The van der Waals surface area contributed by atoms with Gasteiger partial charge in [0.25, 0.3) is 0 Å². The highest BCUT2D eigenvalue weighted by molar-refractivity contribution is 6.33. The van der Waals surface area contributed by atoms with Gasteiger partial charge in [0.1, 0.15) is 5.38 Å². The second-order valence-electron chi connectivity index (χ2n) is 5.53. The fraction of sp³-hybridized carbons (Fsp3) is 0.467. The molecule has 0 aromatic heterocycles. The van der Waals surface area contributed by atoms with E-state index in [2.05, 4.69) is 19.9 Å². The van der Waals surface area contributed by atoms with Crippen LogP contribution in [0.4, 0.5) is 5.69 Å². The number of carbonyl (C=O) groups is 1. The van der Waals surface area contributed by atoms with Gasteiger partial charge in [-0.15, -0.1) is 11.6 Å². The Labute approximate surface area is 118 Å². The molecule has 2 rings (SSSR count). The lowest BCUT2D eigenvalue weighted by Crippen LogP contribution is -2.38. The van der Waals surface area contributed by atoms with Crippen LogP contribution in [-0.2, 0) is 10.2 Å². The summed E-state index contributed by atoms with van der Waals surface area (Å²) in [6, 6.07) is 7.63. The van der Waals surface area contributed by atoms with Gasteiger partial charge in [0.05, 0.1) is 11.6 Å². The van der Waals surface area contributed by atoms with Crippen molar-refractivity contribution in [3.8, 4) is 6.07 Å². The first-order valence-corrected chi connectivity index (χ1v) is 6.84. The van der Waals surface area contributed by atoms with E-state index in [9.17, 15) is 4.79 Å². The summed E-state index contributed by atoms with van der Waals surface area (Å²) in [5.74, 6) is -0.0777. The lowest BCUT2D eigenvalue weighted by molar-refractivity contribution is -0.118. The van der Waals surface area contributed by atoms with E-state index in [1.165, 1.54) is 0 Å². The molecule has 4 heteroatoms. The lowest BCUT2D eigenvalue weighted by Gasteiger charge is -2.22. The van der Waals surface area contributed by atoms with E-state index in [4.69, 9.17) is 16.9 Å². The molecular formula is C15H17ClN2O. The highest BCUT2D eigenvalue weighted by Crippen LogP contribution is 2.41. The van der Waals surface area contributed by atoms with Crippen molar-refractivity contribution in [1.29, 1.82) is 5.26 Å². The molecule has 1 unspecified atom stereocenters. The molecule has 0 spiro atoms. The lowest BCUT2D eigenvalue weighted by atomic mass is 9.87. The summed E-state index contributed by atoms with van der Waals surface area (Å²) in [6.07, 6.45) is 0.602. The molecule has 3 nitrogen and oxygen atoms in total. The van der Waals surface area contributed by atoms with Crippen molar-refractivity contribution >= 4 is 23.2 Å². The molecule has 0 aliphatic carbocycles. The standard InChI is InChI=1S/C15H17ClN2O/c1-4-12(16)14(19)18-9-15(2,3)11-6-5-10(8-17)7-13(11)18/h5-7,12H,4,9H2,1-3H3. The van der Waals surface area contributed by atoms with Gasteiger partial charge in [-0.05, 0) is 24.1 Å². The van der Waals surface area contributed by atoms with Crippen LogP contribution < -0.4 is 4.90 Å². The normalized spacial score (nSPS) is 17.7. The Kier molecular flexibility index (Phi) is 3.56. The molecule has 0 fully saturated rings. The van der Waals surface area contributed by atoms with E-state index in [-0.39, 0.29) is 11.3 Å². The molecule has 100 valence electrons. The maximum Gasteiger partial charge on any atom is 0.245 e. The number of anilines is 1. The average molecular weight is 277 g/mol. The van der Waals surface area contributed by atoms with E-state index in [1.54, 1.807) is 17.0 Å². The number of hydrogen-bond donors (Lipinski definition) is 0. The van der Waals surface area contributed by atoms with Gasteiger partial charge in [-0.2, -0.15) is 5.26 Å². The molecule has 19 heavy (non-hydrogen) atoms. The molecule has 0 saturated heterocycles. The van der Waals surface area contributed by atoms with E-state index in [0.29, 0.717) is 18.5 Å². The van der Waals surface area contributed by atoms with Crippen LogP contribution in [0.5, 0.6) is 0 Å². The van der Waals surface area contributed by atoms with Crippen LogP contribution in [0.15, 0.2) is 18.2 Å². The number of hydrogen-bond acceptors (Lipinski definition) is 2. The number of carbonyl (C=O) groups excluding carboxylic acids is 1.